The van der Waals surface area contributed by atoms with Gasteiger partial charge in [0.1, 0.15) is 11.2 Å². The fourth-order valence-electron chi connectivity index (χ4n) is 2.87. The Balaban J connectivity index is 2.54. The lowest BCUT2D eigenvalue weighted by molar-refractivity contribution is -0.143. The lowest BCUT2D eigenvalue weighted by Crippen LogP contribution is -2.32. The molecule has 0 radical (unpaired) electrons. The summed E-state index contributed by atoms with van der Waals surface area (Å²) >= 11 is 0. The topological polar surface area (TPSA) is 97.5 Å². The molecule has 1 aromatic rings. The molecular weight excluding hydrogens is 285 g/mol. The van der Waals surface area contributed by atoms with E-state index in [4.69, 9.17) is 5.73 Å². The molecule has 0 unspecified atom stereocenters. The van der Waals surface area contributed by atoms with Gasteiger partial charge in [0, 0.05) is 18.2 Å². The standard InChI is InChI=1S/C13H16FNO4S/c1-2-20(18,19)11-10(13(11,7-15)12(16)17)8-4-3-5-9(14)6-8/h3-6,10-11H,2,7,15H2,1H3,(H,16,17)/t10-,11-,13-/m1/s1. The summed E-state index contributed by atoms with van der Waals surface area (Å²) in [6, 6.07) is 5.36. The van der Waals surface area contributed by atoms with Gasteiger partial charge in [-0.15, -0.1) is 0 Å². The third-order valence-corrected chi connectivity index (χ3v) is 6.26. The van der Waals surface area contributed by atoms with E-state index in [1.807, 2.05) is 0 Å². The van der Waals surface area contributed by atoms with Crippen LogP contribution in [0.1, 0.15) is 18.4 Å². The number of benzene rings is 1. The van der Waals surface area contributed by atoms with E-state index in [9.17, 15) is 22.7 Å². The number of nitrogens with two attached hydrogens (primary N) is 1. The van der Waals surface area contributed by atoms with Crippen LogP contribution in [0.2, 0.25) is 0 Å². The molecule has 0 spiro atoms. The van der Waals surface area contributed by atoms with Crippen LogP contribution >= 0.6 is 0 Å². The minimum absolute atomic E-state index is 0.168. The molecule has 1 aliphatic rings. The molecule has 20 heavy (non-hydrogen) atoms. The Morgan fingerprint density at radius 1 is 1.50 bits per heavy atom. The van der Waals surface area contributed by atoms with Crippen molar-refractivity contribution in [3.8, 4) is 0 Å². The predicted molar refractivity (Wildman–Crippen MR) is 71.5 cm³/mol. The monoisotopic (exact) mass is 301 g/mol. The highest BCUT2D eigenvalue weighted by Gasteiger charge is 2.74. The molecule has 0 aromatic heterocycles. The molecule has 1 fully saturated rings. The smallest absolute Gasteiger partial charge is 0.312 e. The van der Waals surface area contributed by atoms with Gasteiger partial charge in [0.15, 0.2) is 9.84 Å². The maximum atomic E-state index is 13.3. The van der Waals surface area contributed by atoms with Crippen LogP contribution in [0, 0.1) is 11.2 Å². The highest BCUT2D eigenvalue weighted by Crippen LogP contribution is 2.62. The normalized spacial score (nSPS) is 29.1. The maximum absolute atomic E-state index is 13.3. The van der Waals surface area contributed by atoms with Gasteiger partial charge in [0.2, 0.25) is 0 Å². The quantitative estimate of drug-likeness (QED) is 0.836. The van der Waals surface area contributed by atoms with E-state index < -0.39 is 38.2 Å². The molecule has 1 saturated carbocycles. The number of hydrogen-bond acceptors (Lipinski definition) is 4. The average molecular weight is 301 g/mol. The maximum Gasteiger partial charge on any atom is 0.312 e. The van der Waals surface area contributed by atoms with Gasteiger partial charge in [0.05, 0.1) is 5.25 Å². The molecule has 0 bridgehead atoms. The number of hydrogen-bond donors (Lipinski definition) is 2. The Morgan fingerprint density at radius 2 is 2.15 bits per heavy atom. The first-order chi connectivity index (χ1) is 9.31. The fourth-order valence-corrected chi connectivity index (χ4v) is 4.95. The van der Waals surface area contributed by atoms with Crippen molar-refractivity contribution in [3.63, 3.8) is 0 Å². The molecule has 7 heteroatoms. The molecular formula is C13H16FNO4S. The van der Waals surface area contributed by atoms with Crippen LogP contribution in [-0.4, -0.2) is 37.0 Å². The van der Waals surface area contributed by atoms with E-state index in [2.05, 4.69) is 0 Å². The Kier molecular flexibility index (Phi) is 3.60. The second-order valence-corrected chi connectivity index (χ2v) is 7.37. The fraction of sp³-hybridized carbons (Fsp3) is 0.462. The van der Waals surface area contributed by atoms with Crippen molar-refractivity contribution in [2.24, 2.45) is 11.1 Å². The Morgan fingerprint density at radius 3 is 2.60 bits per heavy atom. The zero-order valence-corrected chi connectivity index (χ0v) is 11.7. The van der Waals surface area contributed by atoms with Crippen molar-refractivity contribution in [2.75, 3.05) is 12.3 Å². The molecule has 1 aromatic carbocycles. The number of carbonyl (C=O) groups is 1. The molecule has 0 heterocycles. The van der Waals surface area contributed by atoms with Gasteiger partial charge in [-0.25, -0.2) is 12.8 Å². The van der Waals surface area contributed by atoms with Gasteiger partial charge in [0.25, 0.3) is 0 Å². The van der Waals surface area contributed by atoms with E-state index in [1.54, 1.807) is 0 Å². The summed E-state index contributed by atoms with van der Waals surface area (Å²) in [4.78, 5) is 11.5. The number of carboxylic acid groups (broad SMARTS) is 1. The predicted octanol–water partition coefficient (Wildman–Crippen LogP) is 0.756. The van der Waals surface area contributed by atoms with Gasteiger partial charge in [-0.1, -0.05) is 19.1 Å². The first-order valence-corrected chi connectivity index (χ1v) is 7.93. The van der Waals surface area contributed by atoms with Gasteiger partial charge >= 0.3 is 5.97 Å². The van der Waals surface area contributed by atoms with Crippen LogP contribution in [0.4, 0.5) is 4.39 Å². The molecule has 2 rings (SSSR count). The van der Waals surface area contributed by atoms with Crippen LogP contribution in [0.25, 0.3) is 0 Å². The SMILES string of the molecule is CCS(=O)(=O)[C@@H]1[C@@H](c2cccc(F)c2)[C@@]1(CN)C(=O)O. The highest BCUT2D eigenvalue weighted by atomic mass is 32.2. The van der Waals surface area contributed by atoms with Crippen molar-refractivity contribution in [2.45, 2.75) is 18.1 Å². The first kappa shape index (κ1) is 14.9. The molecule has 0 amide bonds. The van der Waals surface area contributed by atoms with Gasteiger partial charge in [-0.2, -0.15) is 0 Å². The number of rotatable bonds is 5. The van der Waals surface area contributed by atoms with Gasteiger partial charge in [-0.3, -0.25) is 4.79 Å². The molecule has 1 aliphatic carbocycles. The molecule has 3 atom stereocenters. The zero-order chi connectivity index (χ0) is 15.1. The third kappa shape index (κ3) is 2.01. The molecule has 0 aliphatic heterocycles. The van der Waals surface area contributed by atoms with E-state index in [-0.39, 0.29) is 12.3 Å². The van der Waals surface area contributed by atoms with Crippen LogP contribution in [-0.2, 0) is 14.6 Å². The van der Waals surface area contributed by atoms with E-state index in [1.165, 1.54) is 31.2 Å². The summed E-state index contributed by atoms with van der Waals surface area (Å²) in [6.07, 6.45) is 0. The number of sulfone groups is 1. The summed E-state index contributed by atoms with van der Waals surface area (Å²) in [5, 5.41) is 8.30. The van der Waals surface area contributed by atoms with Crippen LogP contribution in [0.5, 0.6) is 0 Å². The van der Waals surface area contributed by atoms with Crippen molar-refractivity contribution in [1.82, 2.24) is 0 Å². The molecule has 110 valence electrons. The van der Waals surface area contributed by atoms with Crippen molar-refractivity contribution < 1.29 is 22.7 Å². The summed E-state index contributed by atoms with van der Waals surface area (Å²) in [6.45, 7) is 1.16. The number of aliphatic carboxylic acids is 1. The molecule has 0 saturated heterocycles. The van der Waals surface area contributed by atoms with Crippen molar-refractivity contribution in [1.29, 1.82) is 0 Å². The molecule has 3 N–H and O–H groups in total. The summed E-state index contributed by atoms with van der Waals surface area (Å²) in [5.74, 6) is -2.75. The van der Waals surface area contributed by atoms with Crippen molar-refractivity contribution >= 4 is 15.8 Å². The lowest BCUT2D eigenvalue weighted by atomic mass is 9.99. The Hall–Kier alpha value is -1.47. The highest BCUT2D eigenvalue weighted by molar-refractivity contribution is 7.92. The second kappa shape index (κ2) is 4.82. The minimum atomic E-state index is -3.58. The number of halogens is 1. The first-order valence-electron chi connectivity index (χ1n) is 6.21. The third-order valence-electron chi connectivity index (χ3n) is 3.99. The van der Waals surface area contributed by atoms with Crippen molar-refractivity contribution in [3.05, 3.63) is 35.6 Å². The Bertz CT molecular complexity index is 646. The molecule has 5 nitrogen and oxygen atoms in total. The largest absolute Gasteiger partial charge is 0.481 e. The van der Waals surface area contributed by atoms with E-state index >= 15 is 0 Å². The summed E-state index contributed by atoms with van der Waals surface area (Å²) in [5.41, 5.74) is 4.35. The Labute approximate surface area is 116 Å². The summed E-state index contributed by atoms with van der Waals surface area (Å²) in [7, 11) is -3.58. The van der Waals surface area contributed by atoms with Crippen LogP contribution in [0.15, 0.2) is 24.3 Å². The van der Waals surface area contributed by atoms with E-state index in [0.717, 1.165) is 0 Å². The van der Waals surface area contributed by atoms with Gasteiger partial charge < -0.3 is 10.8 Å². The van der Waals surface area contributed by atoms with Crippen LogP contribution < -0.4 is 5.73 Å². The number of carboxylic acids is 1. The average Bonchev–Trinajstić information content (AvgIpc) is 3.10. The minimum Gasteiger partial charge on any atom is -0.481 e. The van der Waals surface area contributed by atoms with Crippen LogP contribution in [0.3, 0.4) is 0 Å². The summed E-state index contributed by atoms with van der Waals surface area (Å²) < 4.78 is 37.5. The lowest BCUT2D eigenvalue weighted by Gasteiger charge is -2.09. The van der Waals surface area contributed by atoms with E-state index in [0.29, 0.717) is 5.56 Å². The van der Waals surface area contributed by atoms with Gasteiger partial charge in [-0.05, 0) is 17.7 Å². The second-order valence-electron chi connectivity index (χ2n) is 4.95. The zero-order valence-electron chi connectivity index (χ0n) is 10.9.